The van der Waals surface area contributed by atoms with E-state index >= 15 is 0 Å². The molecule has 1 atom stereocenters. The Morgan fingerprint density at radius 2 is 2.08 bits per heavy atom. The molecule has 5 nitrogen and oxygen atoms in total. The Hall–Kier alpha value is -2.42. The van der Waals surface area contributed by atoms with Crippen molar-refractivity contribution in [3.8, 4) is 17.6 Å². The standard InChI is InChI=1S/C17H14Cl2N2O3/c1-11(24-16-6-5-12(18)9-15(16)19)17(22)21-13-3-2-4-14(10-13)23-8-7-20/h2-6,9-11H,8H2,1H3,(H,21,22). The Bertz CT molecular complexity index is 775. The van der Waals surface area contributed by atoms with E-state index in [0.29, 0.717) is 27.2 Å². The van der Waals surface area contributed by atoms with Crippen LogP contribution >= 0.6 is 23.2 Å². The van der Waals surface area contributed by atoms with Crippen molar-refractivity contribution >= 4 is 34.8 Å². The molecule has 0 radical (unpaired) electrons. The third-order valence-corrected chi connectivity index (χ3v) is 3.50. The average Bonchev–Trinajstić information content (AvgIpc) is 2.55. The third-order valence-electron chi connectivity index (χ3n) is 2.97. The molecule has 1 amide bonds. The van der Waals surface area contributed by atoms with Gasteiger partial charge in [-0.05, 0) is 37.3 Å². The Balaban J connectivity index is 2.00. The summed E-state index contributed by atoms with van der Waals surface area (Å²) in [5.41, 5.74) is 0.535. The minimum Gasteiger partial charge on any atom is -0.479 e. The molecule has 0 aromatic heterocycles. The van der Waals surface area contributed by atoms with Crippen LogP contribution in [0.25, 0.3) is 0 Å². The van der Waals surface area contributed by atoms with Crippen molar-refractivity contribution in [1.29, 1.82) is 5.26 Å². The molecule has 0 heterocycles. The predicted octanol–water partition coefficient (Wildman–Crippen LogP) is 4.30. The largest absolute Gasteiger partial charge is 0.479 e. The van der Waals surface area contributed by atoms with E-state index < -0.39 is 6.10 Å². The van der Waals surface area contributed by atoms with Gasteiger partial charge < -0.3 is 14.8 Å². The molecule has 0 fully saturated rings. The molecule has 124 valence electrons. The van der Waals surface area contributed by atoms with Crippen LogP contribution in [0.4, 0.5) is 5.69 Å². The lowest BCUT2D eigenvalue weighted by Gasteiger charge is -2.16. The summed E-state index contributed by atoms with van der Waals surface area (Å²) in [6.07, 6.45) is -0.771. The lowest BCUT2D eigenvalue weighted by molar-refractivity contribution is -0.122. The van der Waals surface area contributed by atoms with Gasteiger partial charge in [0.25, 0.3) is 5.91 Å². The molecule has 0 aliphatic heterocycles. The maximum Gasteiger partial charge on any atom is 0.265 e. The van der Waals surface area contributed by atoms with Gasteiger partial charge in [-0.1, -0.05) is 29.3 Å². The number of halogens is 2. The number of benzene rings is 2. The van der Waals surface area contributed by atoms with Gasteiger partial charge in [-0.15, -0.1) is 0 Å². The van der Waals surface area contributed by atoms with Gasteiger partial charge in [-0.25, -0.2) is 0 Å². The number of ether oxygens (including phenoxy) is 2. The van der Waals surface area contributed by atoms with Gasteiger partial charge in [0.05, 0.1) is 5.02 Å². The molecular formula is C17H14Cl2N2O3. The second-order valence-electron chi connectivity index (χ2n) is 4.80. The highest BCUT2D eigenvalue weighted by Crippen LogP contribution is 2.28. The van der Waals surface area contributed by atoms with Gasteiger partial charge in [0.1, 0.15) is 17.6 Å². The average molecular weight is 365 g/mol. The quantitative estimate of drug-likeness (QED) is 0.829. The molecule has 0 aliphatic carbocycles. The van der Waals surface area contributed by atoms with Gasteiger partial charge in [-0.2, -0.15) is 5.26 Å². The fraction of sp³-hybridized carbons (Fsp3) is 0.176. The van der Waals surface area contributed by atoms with Crippen molar-refractivity contribution in [2.45, 2.75) is 13.0 Å². The molecule has 0 aliphatic rings. The van der Waals surface area contributed by atoms with Crippen molar-refractivity contribution in [1.82, 2.24) is 0 Å². The molecule has 24 heavy (non-hydrogen) atoms. The van der Waals surface area contributed by atoms with Gasteiger partial charge in [0, 0.05) is 16.8 Å². The zero-order valence-electron chi connectivity index (χ0n) is 12.8. The summed E-state index contributed by atoms with van der Waals surface area (Å²) < 4.78 is 10.7. The van der Waals surface area contributed by atoms with Crippen molar-refractivity contribution in [3.05, 3.63) is 52.5 Å². The smallest absolute Gasteiger partial charge is 0.265 e. The van der Waals surface area contributed by atoms with Gasteiger partial charge in [0.15, 0.2) is 12.7 Å². The first-order chi connectivity index (χ1) is 11.5. The number of hydrogen-bond acceptors (Lipinski definition) is 4. The Labute approximate surface area is 149 Å². The number of hydrogen-bond donors (Lipinski definition) is 1. The number of nitrogens with zero attached hydrogens (tertiary/aromatic N) is 1. The molecule has 0 saturated heterocycles. The molecule has 0 saturated carbocycles. The first kappa shape index (κ1) is 17.9. The van der Waals surface area contributed by atoms with Gasteiger partial charge in [-0.3, -0.25) is 4.79 Å². The summed E-state index contributed by atoms with van der Waals surface area (Å²) in [7, 11) is 0. The number of carbonyl (C=O) groups is 1. The van der Waals surface area contributed by atoms with E-state index in [0.717, 1.165) is 0 Å². The lowest BCUT2D eigenvalue weighted by atomic mass is 10.2. The number of anilines is 1. The molecule has 2 rings (SSSR count). The summed E-state index contributed by atoms with van der Waals surface area (Å²) in [5.74, 6) is 0.511. The van der Waals surface area contributed by atoms with E-state index in [1.807, 2.05) is 6.07 Å². The SMILES string of the molecule is CC(Oc1ccc(Cl)cc1Cl)C(=O)Nc1cccc(OCC#N)c1. The first-order valence-electron chi connectivity index (χ1n) is 7.02. The highest BCUT2D eigenvalue weighted by molar-refractivity contribution is 6.35. The van der Waals surface area contributed by atoms with Crippen LogP contribution in [0.2, 0.25) is 10.0 Å². The number of nitrogens with one attached hydrogen (secondary N) is 1. The van der Waals surface area contributed by atoms with Crippen LogP contribution in [0.15, 0.2) is 42.5 Å². The zero-order chi connectivity index (χ0) is 17.5. The zero-order valence-corrected chi connectivity index (χ0v) is 14.3. The second kappa shape index (κ2) is 8.44. The summed E-state index contributed by atoms with van der Waals surface area (Å²) in [4.78, 5) is 12.2. The fourth-order valence-electron chi connectivity index (χ4n) is 1.84. The summed E-state index contributed by atoms with van der Waals surface area (Å²) >= 11 is 11.8. The second-order valence-corrected chi connectivity index (χ2v) is 5.64. The number of carbonyl (C=O) groups excluding carboxylic acids is 1. The van der Waals surface area contributed by atoms with E-state index in [1.165, 1.54) is 0 Å². The molecule has 0 bridgehead atoms. The predicted molar refractivity (Wildman–Crippen MR) is 92.7 cm³/mol. The normalized spacial score (nSPS) is 11.2. The van der Waals surface area contributed by atoms with Crippen LogP contribution in [0, 0.1) is 11.3 Å². The topological polar surface area (TPSA) is 71.3 Å². The molecular weight excluding hydrogens is 351 g/mol. The van der Waals surface area contributed by atoms with Crippen LogP contribution in [-0.2, 0) is 4.79 Å². The molecule has 7 heteroatoms. The number of amides is 1. The van der Waals surface area contributed by atoms with Crippen molar-refractivity contribution in [2.24, 2.45) is 0 Å². The first-order valence-corrected chi connectivity index (χ1v) is 7.77. The Morgan fingerprint density at radius 1 is 1.29 bits per heavy atom. The minimum absolute atomic E-state index is 0.0635. The number of rotatable bonds is 6. The molecule has 0 spiro atoms. The molecule has 2 aromatic rings. The van der Waals surface area contributed by atoms with Crippen molar-refractivity contribution in [2.75, 3.05) is 11.9 Å². The van der Waals surface area contributed by atoms with E-state index in [9.17, 15) is 4.79 Å². The summed E-state index contributed by atoms with van der Waals surface area (Å²) in [6.45, 7) is 1.54. The maximum atomic E-state index is 12.2. The van der Waals surface area contributed by atoms with Crippen LogP contribution in [0.5, 0.6) is 11.5 Å². The Morgan fingerprint density at radius 3 is 2.79 bits per heavy atom. The van der Waals surface area contributed by atoms with Crippen molar-refractivity contribution < 1.29 is 14.3 Å². The lowest BCUT2D eigenvalue weighted by Crippen LogP contribution is -2.30. The van der Waals surface area contributed by atoms with E-state index in [1.54, 1.807) is 49.4 Å². The molecule has 1 N–H and O–H groups in total. The van der Waals surface area contributed by atoms with Gasteiger partial charge >= 0.3 is 0 Å². The number of nitriles is 1. The minimum atomic E-state index is -0.771. The van der Waals surface area contributed by atoms with Crippen LogP contribution in [0.1, 0.15) is 6.92 Å². The highest BCUT2D eigenvalue weighted by Gasteiger charge is 2.16. The molecule has 2 aromatic carbocycles. The third kappa shape index (κ3) is 5.05. The van der Waals surface area contributed by atoms with E-state index in [4.69, 9.17) is 37.9 Å². The fourth-order valence-corrected chi connectivity index (χ4v) is 2.29. The van der Waals surface area contributed by atoms with Crippen LogP contribution < -0.4 is 14.8 Å². The molecule has 1 unspecified atom stereocenters. The van der Waals surface area contributed by atoms with Crippen LogP contribution in [0.3, 0.4) is 0 Å². The Kier molecular flexibility index (Phi) is 6.30. The summed E-state index contributed by atoms with van der Waals surface area (Å²) in [5, 5.41) is 12.0. The monoisotopic (exact) mass is 364 g/mol. The van der Waals surface area contributed by atoms with Gasteiger partial charge in [0.2, 0.25) is 0 Å². The van der Waals surface area contributed by atoms with E-state index in [2.05, 4.69) is 5.32 Å². The maximum absolute atomic E-state index is 12.2. The van der Waals surface area contributed by atoms with Crippen LogP contribution in [-0.4, -0.2) is 18.6 Å². The van der Waals surface area contributed by atoms with Crippen molar-refractivity contribution in [3.63, 3.8) is 0 Å². The van der Waals surface area contributed by atoms with E-state index in [-0.39, 0.29) is 12.5 Å². The summed E-state index contributed by atoms with van der Waals surface area (Å²) in [6, 6.07) is 13.4. The highest BCUT2D eigenvalue weighted by atomic mass is 35.5.